The van der Waals surface area contributed by atoms with Gasteiger partial charge in [0.2, 0.25) is 5.91 Å². The highest BCUT2D eigenvalue weighted by Gasteiger charge is 2.43. The lowest BCUT2D eigenvalue weighted by molar-refractivity contribution is -0.142. The maximum Gasteiger partial charge on any atom is 0.330 e. The molecule has 4 atom stereocenters. The van der Waals surface area contributed by atoms with Gasteiger partial charge >= 0.3 is 5.97 Å². The number of fused-ring (bicyclic) bond motifs is 1. The van der Waals surface area contributed by atoms with E-state index in [2.05, 4.69) is 10.6 Å². The molecule has 5 nitrogen and oxygen atoms in total. The van der Waals surface area contributed by atoms with Gasteiger partial charge in [0.25, 0.3) is 0 Å². The number of benzene rings is 1. The Balaban J connectivity index is 1.71. The Bertz CT molecular complexity index is 532. The fourth-order valence-electron chi connectivity index (χ4n) is 3.64. The summed E-state index contributed by atoms with van der Waals surface area (Å²) in [5, 5.41) is 15.3. The third-order valence-electron chi connectivity index (χ3n) is 4.69. The van der Waals surface area contributed by atoms with Crippen LogP contribution in [0.4, 0.5) is 0 Å². The van der Waals surface area contributed by atoms with E-state index in [0.29, 0.717) is 17.4 Å². The molecule has 21 heavy (non-hydrogen) atoms. The van der Waals surface area contributed by atoms with Crippen LogP contribution in [0.15, 0.2) is 30.3 Å². The third kappa shape index (κ3) is 2.78. The molecule has 0 radical (unpaired) electrons. The van der Waals surface area contributed by atoms with Crippen LogP contribution in [0.25, 0.3) is 0 Å². The van der Waals surface area contributed by atoms with Crippen molar-refractivity contribution in [3.05, 3.63) is 35.9 Å². The fourth-order valence-corrected chi connectivity index (χ4v) is 3.64. The minimum absolute atomic E-state index is 0.194. The first-order valence-corrected chi connectivity index (χ1v) is 7.48. The van der Waals surface area contributed by atoms with Crippen molar-refractivity contribution in [2.24, 2.45) is 11.8 Å². The van der Waals surface area contributed by atoms with Crippen LogP contribution in [0.5, 0.6) is 0 Å². The highest BCUT2D eigenvalue weighted by molar-refractivity contribution is 5.88. The van der Waals surface area contributed by atoms with Crippen molar-refractivity contribution in [2.45, 2.75) is 31.3 Å². The number of carboxylic acids is 1. The highest BCUT2D eigenvalue weighted by atomic mass is 16.4. The minimum Gasteiger partial charge on any atom is -0.479 e. The molecule has 2 aliphatic rings. The maximum atomic E-state index is 12.4. The Morgan fingerprint density at radius 3 is 2.71 bits per heavy atom. The van der Waals surface area contributed by atoms with E-state index >= 15 is 0 Å². The number of carbonyl (C=O) groups is 2. The molecule has 2 fully saturated rings. The lowest BCUT2D eigenvalue weighted by atomic mass is 9.93. The summed E-state index contributed by atoms with van der Waals surface area (Å²) >= 11 is 0. The zero-order chi connectivity index (χ0) is 14.8. The number of nitrogens with one attached hydrogen (secondary N) is 2. The van der Waals surface area contributed by atoms with Crippen LogP contribution in [0, 0.1) is 11.8 Å². The van der Waals surface area contributed by atoms with Crippen LogP contribution >= 0.6 is 0 Å². The molecule has 5 heteroatoms. The molecule has 1 aliphatic heterocycles. The van der Waals surface area contributed by atoms with E-state index in [9.17, 15) is 14.7 Å². The van der Waals surface area contributed by atoms with Crippen LogP contribution in [0.3, 0.4) is 0 Å². The second-order valence-corrected chi connectivity index (χ2v) is 5.93. The largest absolute Gasteiger partial charge is 0.479 e. The molecule has 0 bridgehead atoms. The average molecular weight is 288 g/mol. The molecule has 1 aliphatic carbocycles. The molecule has 1 heterocycles. The van der Waals surface area contributed by atoms with Crippen molar-refractivity contribution >= 4 is 11.9 Å². The number of hydrogen-bond donors (Lipinski definition) is 3. The summed E-state index contributed by atoms with van der Waals surface area (Å²) in [6.45, 7) is 0.867. The van der Waals surface area contributed by atoms with Crippen molar-refractivity contribution in [3.8, 4) is 0 Å². The van der Waals surface area contributed by atoms with E-state index < -0.39 is 12.0 Å². The maximum absolute atomic E-state index is 12.4. The highest BCUT2D eigenvalue weighted by Crippen LogP contribution is 2.37. The van der Waals surface area contributed by atoms with Gasteiger partial charge in [0.05, 0.1) is 6.04 Å². The summed E-state index contributed by atoms with van der Waals surface area (Å²) < 4.78 is 0. The predicted molar refractivity (Wildman–Crippen MR) is 77.6 cm³/mol. The molecular weight excluding hydrogens is 268 g/mol. The Labute approximate surface area is 123 Å². The average Bonchev–Trinajstić information content (AvgIpc) is 3.07. The molecule has 1 saturated carbocycles. The minimum atomic E-state index is -1.03. The van der Waals surface area contributed by atoms with Gasteiger partial charge in [-0.15, -0.1) is 0 Å². The third-order valence-corrected chi connectivity index (χ3v) is 4.69. The first kappa shape index (κ1) is 14.1. The lowest BCUT2D eigenvalue weighted by Gasteiger charge is -2.21. The van der Waals surface area contributed by atoms with Gasteiger partial charge in [-0.3, -0.25) is 4.79 Å². The second kappa shape index (κ2) is 5.85. The number of aliphatic carboxylic acids is 1. The Morgan fingerprint density at radius 2 is 2.00 bits per heavy atom. The predicted octanol–water partition coefficient (Wildman–Crippen LogP) is 1.32. The topological polar surface area (TPSA) is 78.4 Å². The van der Waals surface area contributed by atoms with Gasteiger partial charge in [-0.2, -0.15) is 0 Å². The first-order chi connectivity index (χ1) is 10.2. The number of amides is 1. The van der Waals surface area contributed by atoms with Gasteiger partial charge in [-0.1, -0.05) is 36.8 Å². The smallest absolute Gasteiger partial charge is 0.330 e. The number of carbonyl (C=O) groups excluding carboxylic acids is 1. The molecule has 3 rings (SSSR count). The molecule has 3 N–H and O–H groups in total. The zero-order valence-corrected chi connectivity index (χ0v) is 11.8. The Hall–Kier alpha value is -1.88. The van der Waals surface area contributed by atoms with Gasteiger partial charge in [0, 0.05) is 0 Å². The number of rotatable bonds is 4. The summed E-state index contributed by atoms with van der Waals surface area (Å²) in [5.74, 6) is -0.299. The van der Waals surface area contributed by atoms with Gasteiger partial charge in [-0.05, 0) is 36.8 Å². The summed E-state index contributed by atoms with van der Waals surface area (Å²) in [5.41, 5.74) is 0.597. The molecule has 1 aromatic carbocycles. The molecule has 1 saturated heterocycles. The summed E-state index contributed by atoms with van der Waals surface area (Å²) in [7, 11) is 0. The normalized spacial score (nSPS) is 28.9. The SMILES string of the molecule is O=C(N[C@H](C(=O)O)c1ccccc1)C1NCC2CCCC21. The monoisotopic (exact) mass is 288 g/mol. The van der Waals surface area contributed by atoms with Crippen molar-refractivity contribution in [2.75, 3.05) is 6.54 Å². The standard InChI is InChI=1S/C16H20N2O3/c19-15(14-12-8-4-7-11(12)9-17-14)18-13(16(20)21)10-5-2-1-3-6-10/h1-3,5-6,11-14,17H,4,7-9H2,(H,18,19)(H,20,21)/t11?,12?,13-,14?/m0/s1. The van der Waals surface area contributed by atoms with Crippen molar-refractivity contribution in [1.82, 2.24) is 10.6 Å². The van der Waals surface area contributed by atoms with Crippen molar-refractivity contribution in [1.29, 1.82) is 0 Å². The van der Waals surface area contributed by atoms with Crippen molar-refractivity contribution in [3.63, 3.8) is 0 Å². The Morgan fingerprint density at radius 1 is 1.24 bits per heavy atom. The molecule has 0 aromatic heterocycles. The molecule has 1 amide bonds. The Kier molecular flexibility index (Phi) is 3.92. The van der Waals surface area contributed by atoms with Crippen LogP contribution in [-0.4, -0.2) is 29.6 Å². The molecule has 112 valence electrons. The van der Waals surface area contributed by atoms with E-state index in [-0.39, 0.29) is 11.9 Å². The van der Waals surface area contributed by atoms with Gasteiger partial charge < -0.3 is 15.7 Å². The summed E-state index contributed by atoms with van der Waals surface area (Å²) in [6.07, 6.45) is 3.39. The van der Waals surface area contributed by atoms with Gasteiger partial charge in [-0.25, -0.2) is 4.79 Å². The van der Waals surface area contributed by atoms with Crippen LogP contribution in [0.1, 0.15) is 30.9 Å². The zero-order valence-electron chi connectivity index (χ0n) is 11.8. The van der Waals surface area contributed by atoms with Crippen LogP contribution < -0.4 is 10.6 Å². The summed E-state index contributed by atoms with van der Waals surface area (Å²) in [6, 6.07) is 7.59. The molecule has 1 aromatic rings. The van der Waals surface area contributed by atoms with Crippen LogP contribution in [-0.2, 0) is 9.59 Å². The quantitative estimate of drug-likeness (QED) is 0.780. The molecular formula is C16H20N2O3. The van der Waals surface area contributed by atoms with Crippen molar-refractivity contribution < 1.29 is 14.7 Å². The van der Waals surface area contributed by atoms with E-state index in [4.69, 9.17) is 0 Å². The lowest BCUT2D eigenvalue weighted by Crippen LogP contribution is -2.46. The van der Waals surface area contributed by atoms with E-state index in [1.165, 1.54) is 12.8 Å². The van der Waals surface area contributed by atoms with Crippen LogP contribution in [0.2, 0.25) is 0 Å². The summed E-state index contributed by atoms with van der Waals surface area (Å²) in [4.78, 5) is 23.9. The van der Waals surface area contributed by atoms with E-state index in [1.54, 1.807) is 24.3 Å². The fraction of sp³-hybridized carbons (Fsp3) is 0.500. The van der Waals surface area contributed by atoms with E-state index in [1.807, 2.05) is 6.07 Å². The molecule has 0 spiro atoms. The van der Waals surface area contributed by atoms with E-state index in [0.717, 1.165) is 13.0 Å². The number of hydrogen-bond acceptors (Lipinski definition) is 3. The van der Waals surface area contributed by atoms with Gasteiger partial charge in [0.15, 0.2) is 6.04 Å². The first-order valence-electron chi connectivity index (χ1n) is 7.48. The molecule has 3 unspecified atom stereocenters. The second-order valence-electron chi connectivity index (χ2n) is 5.93. The van der Waals surface area contributed by atoms with Gasteiger partial charge in [0.1, 0.15) is 0 Å². The number of carboxylic acid groups (broad SMARTS) is 1.